The van der Waals surface area contributed by atoms with Crippen LogP contribution in [0.2, 0.25) is 0 Å². The van der Waals surface area contributed by atoms with Gasteiger partial charge in [-0.2, -0.15) is 0 Å². The molecule has 4 nitrogen and oxygen atoms in total. The smallest absolute Gasteiger partial charge is 0.239 e. The highest BCUT2D eigenvalue weighted by Gasteiger charge is 2.20. The Morgan fingerprint density at radius 3 is 2.64 bits per heavy atom. The van der Waals surface area contributed by atoms with Crippen LogP contribution in [-0.4, -0.2) is 43.8 Å². The summed E-state index contributed by atoms with van der Waals surface area (Å²) >= 11 is 3.20. The highest BCUT2D eigenvalue weighted by atomic mass is 32.2. The number of aromatic nitrogens is 1. The first-order valence-corrected chi connectivity index (χ1v) is 11.4. The van der Waals surface area contributed by atoms with E-state index in [9.17, 15) is 4.79 Å². The van der Waals surface area contributed by atoms with Crippen LogP contribution in [0, 0.1) is 13.8 Å². The molecule has 3 rings (SSSR count). The summed E-state index contributed by atoms with van der Waals surface area (Å²) in [6, 6.07) is 14.4. The van der Waals surface area contributed by atoms with E-state index < -0.39 is 0 Å². The number of benzene rings is 2. The number of nitrogens with one attached hydrogen (secondary N) is 1. The fourth-order valence-corrected chi connectivity index (χ4v) is 5.11. The number of hydrogen-bond donors (Lipinski definition) is 1. The standard InChI is InChI=1S/C22H27N3OS2/c1-16-13-17(2)21-19(14-16)28-22(23-21)25(12-8-11-24(3)4)20(26)15-27-18-9-6-5-7-10-18/h5-7,9-10,13-14H,8,11-12,15H2,1-4H3/p+1. The quantitative estimate of drug-likeness (QED) is 0.573. The number of thioether (sulfide) groups is 1. The number of carbonyl (C=O) groups excluding carboxylic acids is 1. The predicted molar refractivity (Wildman–Crippen MR) is 121 cm³/mol. The fraction of sp³-hybridized carbons (Fsp3) is 0.364. The molecule has 6 heteroatoms. The number of hydrogen-bond acceptors (Lipinski definition) is 4. The van der Waals surface area contributed by atoms with Crippen molar-refractivity contribution < 1.29 is 9.69 Å². The van der Waals surface area contributed by atoms with E-state index >= 15 is 0 Å². The van der Waals surface area contributed by atoms with Gasteiger partial charge in [-0.05, 0) is 43.2 Å². The number of rotatable bonds is 8. The Hall–Kier alpha value is -1.89. The summed E-state index contributed by atoms with van der Waals surface area (Å²) in [5, 5.41) is 0.816. The zero-order chi connectivity index (χ0) is 20.1. The molecule has 1 aromatic heterocycles. The molecule has 2 aromatic carbocycles. The van der Waals surface area contributed by atoms with E-state index in [0.29, 0.717) is 12.3 Å². The number of fused-ring (bicyclic) bond motifs is 1. The summed E-state index contributed by atoms with van der Waals surface area (Å²) in [5.74, 6) is 0.545. The van der Waals surface area contributed by atoms with Crippen LogP contribution in [0.1, 0.15) is 17.5 Å². The molecule has 0 radical (unpaired) electrons. The van der Waals surface area contributed by atoms with Crippen molar-refractivity contribution in [3.63, 3.8) is 0 Å². The number of carbonyl (C=O) groups is 1. The molecule has 0 unspecified atom stereocenters. The highest BCUT2D eigenvalue weighted by Crippen LogP contribution is 2.32. The third-order valence-electron chi connectivity index (χ3n) is 4.51. The van der Waals surface area contributed by atoms with Gasteiger partial charge in [0.25, 0.3) is 0 Å². The average molecular weight is 415 g/mol. The molecular weight excluding hydrogens is 386 g/mol. The average Bonchev–Trinajstić information content (AvgIpc) is 3.08. The van der Waals surface area contributed by atoms with Crippen molar-refractivity contribution >= 4 is 44.4 Å². The molecule has 1 N–H and O–H groups in total. The lowest BCUT2D eigenvalue weighted by atomic mass is 10.1. The van der Waals surface area contributed by atoms with E-state index in [1.165, 1.54) is 16.0 Å². The summed E-state index contributed by atoms with van der Waals surface area (Å²) in [5.41, 5.74) is 3.41. The van der Waals surface area contributed by atoms with Crippen LogP contribution in [0.25, 0.3) is 10.2 Å². The summed E-state index contributed by atoms with van der Waals surface area (Å²) in [4.78, 5) is 22.3. The van der Waals surface area contributed by atoms with E-state index in [-0.39, 0.29) is 5.91 Å². The van der Waals surface area contributed by atoms with Gasteiger partial charge in [0.1, 0.15) is 0 Å². The van der Waals surface area contributed by atoms with Gasteiger partial charge in [-0.15, -0.1) is 11.8 Å². The molecule has 28 heavy (non-hydrogen) atoms. The maximum absolute atomic E-state index is 13.1. The fourth-order valence-electron chi connectivity index (χ4n) is 3.13. The first-order valence-electron chi connectivity index (χ1n) is 9.59. The Morgan fingerprint density at radius 1 is 1.18 bits per heavy atom. The van der Waals surface area contributed by atoms with Gasteiger partial charge >= 0.3 is 0 Å². The molecule has 0 aliphatic heterocycles. The van der Waals surface area contributed by atoms with Crippen LogP contribution >= 0.6 is 23.1 Å². The summed E-state index contributed by atoms with van der Waals surface area (Å²) in [6.45, 7) is 5.92. The predicted octanol–water partition coefficient (Wildman–Crippen LogP) is 3.57. The minimum Gasteiger partial charge on any atom is -0.340 e. The van der Waals surface area contributed by atoms with Gasteiger partial charge in [0.05, 0.1) is 36.6 Å². The number of thiazole rings is 1. The first-order chi connectivity index (χ1) is 13.4. The van der Waals surface area contributed by atoms with E-state index in [1.807, 2.05) is 35.2 Å². The van der Waals surface area contributed by atoms with Crippen molar-refractivity contribution in [1.29, 1.82) is 0 Å². The zero-order valence-electron chi connectivity index (χ0n) is 17.0. The summed E-state index contributed by atoms with van der Waals surface area (Å²) in [7, 11) is 4.28. The van der Waals surface area contributed by atoms with Crippen LogP contribution in [0.3, 0.4) is 0 Å². The van der Waals surface area contributed by atoms with Crippen molar-refractivity contribution in [2.45, 2.75) is 25.2 Å². The van der Waals surface area contributed by atoms with E-state index in [4.69, 9.17) is 4.98 Å². The SMILES string of the molecule is Cc1cc(C)c2nc(N(CCC[NH+](C)C)C(=O)CSc3ccccc3)sc2c1. The molecule has 0 aliphatic rings. The van der Waals surface area contributed by atoms with Gasteiger partial charge in [-0.1, -0.05) is 35.6 Å². The van der Waals surface area contributed by atoms with Gasteiger partial charge in [-0.25, -0.2) is 4.98 Å². The summed E-state index contributed by atoms with van der Waals surface area (Å²) in [6.07, 6.45) is 0.956. The highest BCUT2D eigenvalue weighted by molar-refractivity contribution is 8.00. The van der Waals surface area contributed by atoms with E-state index in [1.54, 1.807) is 23.1 Å². The second kappa shape index (κ2) is 9.54. The van der Waals surface area contributed by atoms with Gasteiger partial charge in [0.2, 0.25) is 5.91 Å². The molecule has 0 fully saturated rings. The molecule has 0 bridgehead atoms. The minimum absolute atomic E-state index is 0.121. The largest absolute Gasteiger partial charge is 0.340 e. The van der Waals surface area contributed by atoms with Crippen molar-refractivity contribution in [3.05, 3.63) is 53.6 Å². The van der Waals surface area contributed by atoms with Crippen molar-refractivity contribution in [2.24, 2.45) is 0 Å². The lowest BCUT2D eigenvalue weighted by Gasteiger charge is -2.20. The number of anilines is 1. The molecule has 0 atom stereocenters. The Labute approximate surface area is 175 Å². The Morgan fingerprint density at radius 2 is 1.93 bits per heavy atom. The van der Waals surface area contributed by atoms with E-state index in [2.05, 4.69) is 40.1 Å². The topological polar surface area (TPSA) is 37.6 Å². The molecule has 0 aliphatic carbocycles. The third kappa shape index (κ3) is 5.34. The lowest BCUT2D eigenvalue weighted by molar-refractivity contribution is -0.858. The normalized spacial score (nSPS) is 11.3. The van der Waals surface area contributed by atoms with Crippen molar-refractivity contribution in [3.8, 4) is 0 Å². The van der Waals surface area contributed by atoms with Crippen LogP contribution in [0.5, 0.6) is 0 Å². The maximum Gasteiger partial charge on any atom is 0.239 e. The molecular formula is C22H28N3OS2+. The van der Waals surface area contributed by atoms with Crippen LogP contribution in [-0.2, 0) is 4.79 Å². The van der Waals surface area contributed by atoms with Gasteiger partial charge in [0, 0.05) is 17.9 Å². The summed E-state index contributed by atoms with van der Waals surface area (Å²) < 4.78 is 1.15. The van der Waals surface area contributed by atoms with Gasteiger partial charge in [0.15, 0.2) is 5.13 Å². The Kier molecular flexibility index (Phi) is 7.10. The Bertz CT molecular complexity index is 938. The molecule has 148 valence electrons. The number of amides is 1. The monoisotopic (exact) mass is 414 g/mol. The van der Waals surface area contributed by atoms with Crippen LogP contribution < -0.4 is 9.80 Å². The molecule has 0 saturated carbocycles. The van der Waals surface area contributed by atoms with Crippen molar-refractivity contribution in [1.82, 2.24) is 4.98 Å². The molecule has 0 spiro atoms. The number of aryl methyl sites for hydroxylation is 2. The van der Waals surface area contributed by atoms with Gasteiger partial charge < -0.3 is 4.90 Å². The van der Waals surface area contributed by atoms with E-state index in [0.717, 1.165) is 33.2 Å². The van der Waals surface area contributed by atoms with Crippen LogP contribution in [0.15, 0.2) is 47.4 Å². The third-order valence-corrected chi connectivity index (χ3v) is 6.54. The molecule has 1 amide bonds. The van der Waals surface area contributed by atoms with Crippen molar-refractivity contribution in [2.75, 3.05) is 37.8 Å². The minimum atomic E-state index is 0.121. The molecule has 3 aromatic rings. The van der Waals surface area contributed by atoms with Gasteiger partial charge in [-0.3, -0.25) is 9.69 Å². The maximum atomic E-state index is 13.1. The first kappa shape index (κ1) is 20.8. The lowest BCUT2D eigenvalue weighted by Crippen LogP contribution is -3.05. The second-order valence-electron chi connectivity index (χ2n) is 7.38. The Balaban J connectivity index is 1.81. The number of nitrogens with zero attached hydrogens (tertiary/aromatic N) is 2. The molecule has 0 saturated heterocycles. The zero-order valence-corrected chi connectivity index (χ0v) is 18.6. The second-order valence-corrected chi connectivity index (χ2v) is 9.44. The molecule has 1 heterocycles. The van der Waals surface area contributed by atoms with Crippen LogP contribution in [0.4, 0.5) is 5.13 Å². The number of quaternary nitrogens is 1.